The van der Waals surface area contributed by atoms with E-state index in [-0.39, 0.29) is 11.8 Å². The Morgan fingerprint density at radius 3 is 2.73 bits per heavy atom. The van der Waals surface area contributed by atoms with Crippen molar-refractivity contribution in [3.8, 4) is 11.5 Å². The lowest BCUT2D eigenvalue weighted by atomic mass is 10.1. The molecule has 1 aliphatic heterocycles. The molecule has 3 aromatic carbocycles. The normalized spacial score (nSPS) is 14.9. The van der Waals surface area contributed by atoms with Crippen LogP contribution in [0.3, 0.4) is 0 Å². The SMILES string of the molecule is CC1Oc2ccc(NC(=O)c3ccccc3OCc3ccccc3Br)cc2NC1=O. The molecule has 0 fully saturated rings. The number of hydrogen-bond donors (Lipinski definition) is 2. The fourth-order valence-corrected chi connectivity index (χ4v) is 3.44. The van der Waals surface area contributed by atoms with E-state index >= 15 is 0 Å². The lowest BCUT2D eigenvalue weighted by Crippen LogP contribution is -2.34. The quantitative estimate of drug-likeness (QED) is 0.554. The molecule has 0 spiro atoms. The van der Waals surface area contributed by atoms with E-state index < -0.39 is 6.10 Å². The van der Waals surface area contributed by atoms with Crippen molar-refractivity contribution in [2.75, 3.05) is 10.6 Å². The summed E-state index contributed by atoms with van der Waals surface area (Å²) < 4.78 is 12.4. The lowest BCUT2D eigenvalue weighted by molar-refractivity contribution is -0.122. The number of amides is 2. The average Bonchev–Trinajstić information content (AvgIpc) is 2.74. The van der Waals surface area contributed by atoms with E-state index in [2.05, 4.69) is 26.6 Å². The predicted molar refractivity (Wildman–Crippen MR) is 118 cm³/mol. The molecule has 2 N–H and O–H groups in total. The maximum absolute atomic E-state index is 12.9. The number of anilines is 2. The van der Waals surface area contributed by atoms with E-state index in [4.69, 9.17) is 9.47 Å². The summed E-state index contributed by atoms with van der Waals surface area (Å²) >= 11 is 3.50. The summed E-state index contributed by atoms with van der Waals surface area (Å²) in [5.41, 5.74) is 2.45. The van der Waals surface area contributed by atoms with E-state index in [1.807, 2.05) is 30.3 Å². The van der Waals surface area contributed by atoms with Gasteiger partial charge in [0, 0.05) is 15.7 Å². The Bertz CT molecular complexity index is 1120. The molecule has 0 radical (unpaired) electrons. The van der Waals surface area contributed by atoms with Gasteiger partial charge >= 0.3 is 0 Å². The van der Waals surface area contributed by atoms with Gasteiger partial charge in [-0.05, 0) is 43.3 Å². The highest BCUT2D eigenvalue weighted by Gasteiger charge is 2.24. The van der Waals surface area contributed by atoms with Crippen LogP contribution in [0.1, 0.15) is 22.8 Å². The van der Waals surface area contributed by atoms with Gasteiger partial charge in [0.05, 0.1) is 11.3 Å². The van der Waals surface area contributed by atoms with Crippen molar-refractivity contribution in [2.24, 2.45) is 0 Å². The van der Waals surface area contributed by atoms with Crippen LogP contribution in [-0.2, 0) is 11.4 Å². The zero-order chi connectivity index (χ0) is 21.1. The van der Waals surface area contributed by atoms with Gasteiger partial charge in [-0.15, -0.1) is 0 Å². The van der Waals surface area contributed by atoms with E-state index in [1.54, 1.807) is 43.3 Å². The zero-order valence-corrected chi connectivity index (χ0v) is 17.7. The smallest absolute Gasteiger partial charge is 0.265 e. The minimum absolute atomic E-state index is 0.225. The first-order valence-corrected chi connectivity index (χ1v) is 10.2. The summed E-state index contributed by atoms with van der Waals surface area (Å²) in [6.07, 6.45) is -0.549. The van der Waals surface area contributed by atoms with E-state index in [9.17, 15) is 9.59 Å². The van der Waals surface area contributed by atoms with Crippen molar-refractivity contribution < 1.29 is 19.1 Å². The molecule has 1 atom stereocenters. The van der Waals surface area contributed by atoms with Gasteiger partial charge in [0.15, 0.2) is 6.10 Å². The van der Waals surface area contributed by atoms with Crippen LogP contribution in [0.5, 0.6) is 11.5 Å². The Balaban J connectivity index is 1.50. The monoisotopic (exact) mass is 466 g/mol. The van der Waals surface area contributed by atoms with Gasteiger partial charge in [-0.3, -0.25) is 9.59 Å². The van der Waals surface area contributed by atoms with Gasteiger partial charge in [-0.2, -0.15) is 0 Å². The lowest BCUT2D eigenvalue weighted by Gasteiger charge is -2.23. The van der Waals surface area contributed by atoms with Gasteiger partial charge in [-0.25, -0.2) is 0 Å². The van der Waals surface area contributed by atoms with Crippen LogP contribution in [0.2, 0.25) is 0 Å². The largest absolute Gasteiger partial charge is 0.488 e. The summed E-state index contributed by atoms with van der Waals surface area (Å²) in [5.74, 6) is 0.511. The minimum Gasteiger partial charge on any atom is -0.488 e. The molecule has 1 unspecified atom stereocenters. The van der Waals surface area contributed by atoms with Gasteiger partial charge in [0.1, 0.15) is 18.1 Å². The molecule has 1 aliphatic rings. The molecule has 152 valence electrons. The van der Waals surface area contributed by atoms with Gasteiger partial charge in [-0.1, -0.05) is 46.3 Å². The van der Waals surface area contributed by atoms with Gasteiger partial charge in [0.25, 0.3) is 11.8 Å². The molecule has 3 aromatic rings. The first kappa shape index (κ1) is 20.0. The molecule has 1 heterocycles. The second kappa shape index (κ2) is 8.59. The molecule has 0 saturated heterocycles. The number of hydrogen-bond acceptors (Lipinski definition) is 4. The summed E-state index contributed by atoms with van der Waals surface area (Å²) in [5, 5.41) is 5.62. The van der Waals surface area contributed by atoms with Crippen LogP contribution in [0, 0.1) is 0 Å². The molecule has 4 rings (SSSR count). The van der Waals surface area contributed by atoms with Crippen molar-refractivity contribution in [3.63, 3.8) is 0 Å². The molecule has 0 saturated carbocycles. The second-order valence-corrected chi connectivity index (χ2v) is 7.64. The Hall–Kier alpha value is -3.32. The van der Waals surface area contributed by atoms with Crippen molar-refractivity contribution in [3.05, 3.63) is 82.3 Å². The Morgan fingerprint density at radius 1 is 1.13 bits per heavy atom. The molecule has 0 bridgehead atoms. The van der Waals surface area contributed by atoms with Crippen molar-refractivity contribution in [2.45, 2.75) is 19.6 Å². The summed E-state index contributed by atoms with van der Waals surface area (Å²) in [6.45, 7) is 2.00. The predicted octanol–water partition coefficient (Wildman–Crippen LogP) is 5.00. The third-order valence-corrected chi connectivity index (χ3v) is 5.41. The van der Waals surface area contributed by atoms with E-state index in [0.29, 0.717) is 35.0 Å². The molecule has 2 amide bonds. The fraction of sp³-hybridized carbons (Fsp3) is 0.130. The standard InChI is InChI=1S/C23H19BrN2O4/c1-14-22(27)26-19-12-16(10-11-21(19)30-14)25-23(28)17-7-3-5-9-20(17)29-13-15-6-2-4-8-18(15)24/h2-12,14H,13H2,1H3,(H,25,28)(H,26,27). The number of carbonyl (C=O) groups excluding carboxylic acids is 2. The number of fused-ring (bicyclic) bond motifs is 1. The van der Waals surface area contributed by atoms with Crippen LogP contribution in [0.25, 0.3) is 0 Å². The Kier molecular flexibility index (Phi) is 5.72. The molecular weight excluding hydrogens is 448 g/mol. The molecule has 6 nitrogen and oxygen atoms in total. The third kappa shape index (κ3) is 4.31. The van der Waals surface area contributed by atoms with Crippen LogP contribution in [0.4, 0.5) is 11.4 Å². The highest BCUT2D eigenvalue weighted by Crippen LogP contribution is 2.32. The van der Waals surface area contributed by atoms with E-state index in [1.165, 1.54) is 0 Å². The third-order valence-electron chi connectivity index (χ3n) is 4.64. The molecule has 7 heteroatoms. The number of nitrogens with one attached hydrogen (secondary N) is 2. The fourth-order valence-electron chi connectivity index (χ4n) is 3.04. The number of halogens is 1. The number of benzene rings is 3. The number of ether oxygens (including phenoxy) is 2. The number of rotatable bonds is 5. The second-order valence-electron chi connectivity index (χ2n) is 6.79. The topological polar surface area (TPSA) is 76.7 Å². The highest BCUT2D eigenvalue weighted by atomic mass is 79.9. The van der Waals surface area contributed by atoms with Crippen LogP contribution in [0.15, 0.2) is 71.2 Å². The highest BCUT2D eigenvalue weighted by molar-refractivity contribution is 9.10. The van der Waals surface area contributed by atoms with Gasteiger partial charge < -0.3 is 20.1 Å². The van der Waals surface area contributed by atoms with Crippen LogP contribution in [-0.4, -0.2) is 17.9 Å². The van der Waals surface area contributed by atoms with Crippen molar-refractivity contribution in [1.29, 1.82) is 0 Å². The van der Waals surface area contributed by atoms with Crippen molar-refractivity contribution >= 4 is 39.1 Å². The Morgan fingerprint density at radius 2 is 1.90 bits per heavy atom. The molecule has 30 heavy (non-hydrogen) atoms. The number of para-hydroxylation sites is 1. The van der Waals surface area contributed by atoms with Crippen LogP contribution >= 0.6 is 15.9 Å². The summed E-state index contributed by atoms with van der Waals surface area (Å²) in [4.78, 5) is 24.7. The number of carbonyl (C=O) groups is 2. The van der Waals surface area contributed by atoms with E-state index in [0.717, 1.165) is 10.0 Å². The maximum atomic E-state index is 12.9. The summed E-state index contributed by atoms with van der Waals surface area (Å²) in [6, 6.07) is 19.9. The zero-order valence-electron chi connectivity index (χ0n) is 16.1. The van der Waals surface area contributed by atoms with Crippen LogP contribution < -0.4 is 20.1 Å². The molecule has 0 aliphatic carbocycles. The molecule has 0 aromatic heterocycles. The molecular formula is C23H19BrN2O4. The minimum atomic E-state index is -0.549. The first-order chi connectivity index (χ1) is 14.5. The Labute approximate surface area is 182 Å². The van der Waals surface area contributed by atoms with Gasteiger partial charge in [0.2, 0.25) is 0 Å². The summed E-state index contributed by atoms with van der Waals surface area (Å²) in [7, 11) is 0. The van der Waals surface area contributed by atoms with Crippen molar-refractivity contribution in [1.82, 2.24) is 0 Å². The first-order valence-electron chi connectivity index (χ1n) is 9.39. The average molecular weight is 467 g/mol. The maximum Gasteiger partial charge on any atom is 0.265 e.